The minimum Gasteiger partial charge on any atom is -0.486 e. The molecule has 1 aromatic carbocycles. The minimum atomic E-state index is -1.41. The second kappa shape index (κ2) is 9.55. The summed E-state index contributed by atoms with van der Waals surface area (Å²) in [6, 6.07) is 6.35. The lowest BCUT2D eigenvalue weighted by Gasteiger charge is -2.60. The van der Waals surface area contributed by atoms with E-state index in [1.54, 1.807) is 12.1 Å². The minimum absolute atomic E-state index is 0.0122. The summed E-state index contributed by atoms with van der Waals surface area (Å²) in [5.74, 6) is -0.745. The quantitative estimate of drug-likeness (QED) is 0.363. The van der Waals surface area contributed by atoms with Gasteiger partial charge in [0.15, 0.2) is 5.60 Å². The summed E-state index contributed by atoms with van der Waals surface area (Å²) in [6.07, 6.45) is 9.91. The van der Waals surface area contributed by atoms with Crippen LogP contribution in [0, 0.1) is 40.3 Å². The molecule has 0 spiro atoms. The zero-order valence-corrected chi connectivity index (χ0v) is 25.0. The third-order valence-corrected chi connectivity index (χ3v) is 11.9. The van der Waals surface area contributed by atoms with Gasteiger partial charge in [0, 0.05) is 11.3 Å². The molecule has 2 unspecified atom stereocenters. The molecule has 3 fully saturated rings. The molecule has 7 rings (SSSR count). The van der Waals surface area contributed by atoms with Crippen LogP contribution < -0.4 is 0 Å². The van der Waals surface area contributed by atoms with Gasteiger partial charge in [-0.25, -0.2) is 13.9 Å². The van der Waals surface area contributed by atoms with Crippen LogP contribution in [0.1, 0.15) is 64.1 Å². The Labute approximate surface area is 250 Å². The van der Waals surface area contributed by atoms with Crippen molar-refractivity contribution in [2.24, 2.45) is 34.5 Å². The number of nitrogens with zero attached hydrogens (tertiary/aromatic N) is 2. The maximum atomic E-state index is 13.6. The smallest absolute Gasteiger partial charge is 0.348 e. The Kier molecular flexibility index (Phi) is 6.34. The predicted molar refractivity (Wildman–Crippen MR) is 157 cm³/mol. The largest absolute Gasteiger partial charge is 0.486 e. The average molecular weight is 593 g/mol. The van der Waals surface area contributed by atoms with Crippen molar-refractivity contribution in [1.82, 2.24) is 9.78 Å². The van der Waals surface area contributed by atoms with Crippen LogP contribution in [0.3, 0.4) is 0 Å². The van der Waals surface area contributed by atoms with Crippen molar-refractivity contribution in [3.05, 3.63) is 65.4 Å². The molecule has 0 saturated heterocycles. The monoisotopic (exact) mass is 592 g/mol. The molecule has 1 aliphatic heterocycles. The van der Waals surface area contributed by atoms with Crippen LogP contribution >= 0.6 is 12.6 Å². The van der Waals surface area contributed by atoms with E-state index in [1.807, 2.05) is 30.8 Å². The van der Waals surface area contributed by atoms with Gasteiger partial charge in [0.2, 0.25) is 11.2 Å². The molecule has 0 amide bonds. The van der Waals surface area contributed by atoms with E-state index in [4.69, 9.17) is 9.47 Å². The van der Waals surface area contributed by atoms with Gasteiger partial charge in [0.05, 0.1) is 29.9 Å². The Morgan fingerprint density at radius 1 is 1.21 bits per heavy atom. The van der Waals surface area contributed by atoms with E-state index in [9.17, 15) is 19.1 Å². The first-order valence-corrected chi connectivity index (χ1v) is 15.4. The van der Waals surface area contributed by atoms with Crippen molar-refractivity contribution in [1.29, 1.82) is 0 Å². The third-order valence-electron chi connectivity index (χ3n) is 11.6. The molecule has 0 radical (unpaired) electrons. The molecule has 0 bridgehead atoms. The summed E-state index contributed by atoms with van der Waals surface area (Å²) in [7, 11) is 0. The highest BCUT2D eigenvalue weighted by Gasteiger charge is 2.70. The fourth-order valence-corrected chi connectivity index (χ4v) is 9.91. The summed E-state index contributed by atoms with van der Waals surface area (Å²) in [5, 5.41) is 16.2. The van der Waals surface area contributed by atoms with E-state index in [1.165, 1.54) is 24.0 Å². The number of benzene rings is 1. The second-order valence-corrected chi connectivity index (χ2v) is 14.0. The van der Waals surface area contributed by atoms with Crippen LogP contribution in [0.25, 0.3) is 11.8 Å². The topological polar surface area (TPSA) is 90.7 Å². The lowest BCUT2D eigenvalue weighted by atomic mass is 9.45. The number of ether oxygens (including phenoxy) is 2. The average Bonchev–Trinajstić information content (AvgIpc) is 3.63. The van der Waals surface area contributed by atoms with Gasteiger partial charge in [-0.15, -0.1) is 12.6 Å². The lowest BCUT2D eigenvalue weighted by Crippen LogP contribution is -2.62. The van der Waals surface area contributed by atoms with E-state index in [2.05, 4.69) is 30.7 Å². The van der Waals surface area contributed by atoms with Crippen LogP contribution in [0.4, 0.5) is 4.39 Å². The molecule has 9 atom stereocenters. The van der Waals surface area contributed by atoms with E-state index < -0.39 is 34.3 Å². The summed E-state index contributed by atoms with van der Waals surface area (Å²) in [4.78, 5) is 26.6. The zero-order chi connectivity index (χ0) is 29.6. The van der Waals surface area contributed by atoms with E-state index in [0.717, 1.165) is 42.6 Å². The molecule has 7 nitrogen and oxygen atoms in total. The van der Waals surface area contributed by atoms with Crippen molar-refractivity contribution in [3.63, 3.8) is 0 Å². The number of hydrogen-bond acceptors (Lipinski definition) is 6. The van der Waals surface area contributed by atoms with E-state index >= 15 is 0 Å². The number of aliphatic hydroxyl groups excluding tert-OH is 1. The van der Waals surface area contributed by atoms with Gasteiger partial charge in [0.25, 0.3) is 0 Å². The Balaban J connectivity index is 1.20. The Bertz CT molecular complexity index is 1520. The summed E-state index contributed by atoms with van der Waals surface area (Å²) in [5.41, 5.74) is 1.77. The SMILES string of the molecule is CC1C=COC1C(=O)O[C@]1(C(=O)S)CC[C@H]2[C@@H]3CCC4=Cc5c(cnn5-c5ccc(F)cc5)C[C@]4(C)[C@H]3[C@@H](O)C[C@@]21C. The number of hydrogen-bond donors (Lipinski definition) is 2. The van der Waals surface area contributed by atoms with Crippen LogP contribution in [0.15, 0.2) is 48.4 Å². The van der Waals surface area contributed by atoms with Gasteiger partial charge >= 0.3 is 5.97 Å². The number of carbonyl (C=O) groups is 2. The summed E-state index contributed by atoms with van der Waals surface area (Å²) in [6.45, 7) is 6.16. The highest BCUT2D eigenvalue weighted by Crippen LogP contribution is 2.68. The molecule has 222 valence electrons. The van der Waals surface area contributed by atoms with Gasteiger partial charge in [0.1, 0.15) is 5.82 Å². The molecule has 2 heterocycles. The van der Waals surface area contributed by atoms with Crippen molar-refractivity contribution >= 4 is 29.8 Å². The molecule has 42 heavy (non-hydrogen) atoms. The second-order valence-electron chi connectivity index (χ2n) is 13.6. The van der Waals surface area contributed by atoms with Gasteiger partial charge in [-0.3, -0.25) is 4.79 Å². The van der Waals surface area contributed by atoms with Crippen LogP contribution in [-0.4, -0.2) is 43.8 Å². The number of halogens is 1. The molecular weight excluding hydrogens is 555 g/mol. The van der Waals surface area contributed by atoms with Crippen LogP contribution in [-0.2, 0) is 25.5 Å². The molecule has 1 aromatic heterocycles. The number of aliphatic hydroxyl groups is 1. The maximum absolute atomic E-state index is 13.6. The van der Waals surface area contributed by atoms with Gasteiger partial charge in [-0.1, -0.05) is 26.3 Å². The third kappa shape index (κ3) is 3.78. The molecule has 5 aliphatic rings. The molecule has 3 saturated carbocycles. The van der Waals surface area contributed by atoms with Gasteiger partial charge in [-0.2, -0.15) is 5.10 Å². The van der Waals surface area contributed by atoms with Crippen molar-refractivity contribution in [3.8, 4) is 5.69 Å². The normalized spacial score (nSPS) is 39.8. The van der Waals surface area contributed by atoms with Crippen LogP contribution in [0.2, 0.25) is 0 Å². The van der Waals surface area contributed by atoms with Crippen molar-refractivity contribution in [2.75, 3.05) is 0 Å². The van der Waals surface area contributed by atoms with Gasteiger partial charge < -0.3 is 14.6 Å². The molecule has 2 aromatic rings. The van der Waals surface area contributed by atoms with Crippen molar-refractivity contribution in [2.45, 2.75) is 77.1 Å². The highest BCUT2D eigenvalue weighted by atomic mass is 32.1. The Morgan fingerprint density at radius 2 is 1.98 bits per heavy atom. The first-order chi connectivity index (χ1) is 20.0. The number of rotatable bonds is 4. The number of carbonyl (C=O) groups excluding carboxylic acids is 2. The maximum Gasteiger partial charge on any atom is 0.348 e. The standard InChI is InChI=1S/C33H37FN2O5S/c1-18-11-13-40-28(18)29(38)41-33(30(39)42)12-10-24-23-9-4-20-14-25-19(17-35-36(25)22-7-5-21(34)6-8-22)15-31(20,2)27(23)26(37)16-32(24,33)3/h5-8,11,13-14,17-18,23-24,26-28,37H,4,9-10,12,15-16H2,1-3H3,(H,39,42)/t18?,23-,24-,26-,27+,28?,31-,32-,33-/m0/s1. The molecule has 1 N–H and O–H groups in total. The Morgan fingerprint density at radius 3 is 2.67 bits per heavy atom. The highest BCUT2D eigenvalue weighted by molar-refractivity contribution is 7.96. The molecular formula is C33H37FN2O5S. The summed E-state index contributed by atoms with van der Waals surface area (Å²) >= 11 is 4.30. The van der Waals surface area contributed by atoms with Crippen LogP contribution in [0.5, 0.6) is 0 Å². The van der Waals surface area contributed by atoms with Gasteiger partial charge in [-0.05, 0) is 104 Å². The van der Waals surface area contributed by atoms with E-state index in [0.29, 0.717) is 12.8 Å². The van der Waals surface area contributed by atoms with Crippen molar-refractivity contribution < 1.29 is 28.6 Å². The molecule has 4 aliphatic carbocycles. The number of thiol groups is 1. The summed E-state index contributed by atoms with van der Waals surface area (Å²) < 4.78 is 27.1. The molecule has 9 heteroatoms. The zero-order valence-electron chi connectivity index (χ0n) is 24.1. The van der Waals surface area contributed by atoms with E-state index in [-0.39, 0.29) is 34.9 Å². The first-order valence-electron chi connectivity index (χ1n) is 15.0. The first kappa shape index (κ1) is 27.9. The predicted octanol–water partition coefficient (Wildman–Crippen LogP) is 5.45. The number of aromatic nitrogens is 2. The number of esters is 1. The number of allylic oxidation sites excluding steroid dienone is 1. The fraction of sp³-hybridized carbons (Fsp3) is 0.545. The lowest BCUT2D eigenvalue weighted by molar-refractivity contribution is -0.202. The Hall–Kier alpha value is -2.91. The number of fused-ring (bicyclic) bond motifs is 6. The fourth-order valence-electron chi connectivity index (χ4n) is 9.50.